The minimum Gasteiger partial charge on any atom is -0.490 e. The third kappa shape index (κ3) is 6.97. The number of benzene rings is 2. The van der Waals surface area contributed by atoms with Crippen LogP contribution in [0.5, 0.6) is 11.5 Å². The van der Waals surface area contributed by atoms with Gasteiger partial charge < -0.3 is 19.7 Å². The predicted octanol–water partition coefficient (Wildman–Crippen LogP) is 4.11. The summed E-state index contributed by atoms with van der Waals surface area (Å²) in [6.07, 6.45) is 0.638. The van der Waals surface area contributed by atoms with Crippen LogP contribution in [0, 0.1) is 5.82 Å². The van der Waals surface area contributed by atoms with Crippen LogP contribution in [0.25, 0.3) is 0 Å². The maximum absolute atomic E-state index is 14.2. The Morgan fingerprint density at radius 2 is 1.72 bits per heavy atom. The van der Waals surface area contributed by atoms with Crippen molar-refractivity contribution >= 4 is 11.8 Å². The number of rotatable bonds is 12. The molecule has 0 aliphatic rings. The van der Waals surface area contributed by atoms with Gasteiger partial charge in [-0.15, -0.1) is 0 Å². The van der Waals surface area contributed by atoms with Crippen molar-refractivity contribution < 1.29 is 23.5 Å². The molecule has 0 heterocycles. The molecule has 6 nitrogen and oxygen atoms in total. The lowest BCUT2D eigenvalue weighted by Crippen LogP contribution is -2.47. The number of amides is 2. The number of hydrogen-bond acceptors (Lipinski definition) is 4. The lowest BCUT2D eigenvalue weighted by atomic mass is 10.1. The van der Waals surface area contributed by atoms with E-state index in [0.29, 0.717) is 43.2 Å². The summed E-state index contributed by atoms with van der Waals surface area (Å²) in [5, 5.41) is 2.74. The van der Waals surface area contributed by atoms with Crippen molar-refractivity contribution in [2.45, 2.75) is 53.1 Å². The average molecular weight is 445 g/mol. The van der Waals surface area contributed by atoms with Crippen LogP contribution in [0.2, 0.25) is 0 Å². The van der Waals surface area contributed by atoms with E-state index in [-0.39, 0.29) is 24.8 Å². The molecule has 0 unspecified atom stereocenters. The molecule has 2 aromatic carbocycles. The van der Waals surface area contributed by atoms with E-state index in [1.807, 2.05) is 39.0 Å². The summed E-state index contributed by atoms with van der Waals surface area (Å²) < 4.78 is 25.5. The monoisotopic (exact) mass is 444 g/mol. The highest BCUT2D eigenvalue weighted by Gasteiger charge is 2.26. The van der Waals surface area contributed by atoms with Crippen LogP contribution in [-0.4, -0.2) is 42.5 Å². The van der Waals surface area contributed by atoms with Crippen LogP contribution in [0.15, 0.2) is 42.5 Å². The number of halogens is 1. The van der Waals surface area contributed by atoms with Crippen molar-refractivity contribution in [1.29, 1.82) is 0 Å². The number of likely N-dealkylation sites (N-methyl/N-ethyl adjacent to an activating group) is 1. The number of carbonyl (C=O) groups is 2. The minimum atomic E-state index is -0.721. The normalized spacial score (nSPS) is 11.5. The quantitative estimate of drug-likeness (QED) is 0.535. The van der Waals surface area contributed by atoms with E-state index < -0.39 is 11.9 Å². The van der Waals surface area contributed by atoms with Gasteiger partial charge in [-0.25, -0.2) is 4.39 Å². The van der Waals surface area contributed by atoms with Gasteiger partial charge in [0.05, 0.1) is 13.2 Å². The molecule has 2 amide bonds. The van der Waals surface area contributed by atoms with Crippen molar-refractivity contribution in [3.05, 3.63) is 59.4 Å². The van der Waals surface area contributed by atoms with Gasteiger partial charge in [0.2, 0.25) is 11.8 Å². The molecule has 0 saturated heterocycles. The lowest BCUT2D eigenvalue weighted by molar-refractivity contribution is -0.140. The molecule has 0 fully saturated rings. The first-order chi connectivity index (χ1) is 15.4. The fraction of sp³-hybridized carbons (Fsp3) is 0.440. The number of carbonyl (C=O) groups excluding carboxylic acids is 2. The number of ether oxygens (including phenoxy) is 2. The van der Waals surface area contributed by atoms with Gasteiger partial charge in [-0.3, -0.25) is 9.59 Å². The summed E-state index contributed by atoms with van der Waals surface area (Å²) in [5.41, 5.74) is 1.29. The first-order valence-electron chi connectivity index (χ1n) is 11.1. The standard InChI is InChI=1S/C25H33FN2O4/c1-5-27-25(30)18(4)28(17-20-10-8-9-11-21(20)26)24(29)15-13-19-12-14-22(31-6-2)23(16-19)32-7-3/h8-12,14,16,18H,5-7,13,15,17H2,1-4H3,(H,27,30)/t18-/m0/s1. The zero-order valence-corrected chi connectivity index (χ0v) is 19.3. The Labute approximate surface area is 189 Å². The zero-order chi connectivity index (χ0) is 23.5. The van der Waals surface area contributed by atoms with Gasteiger partial charge in [0.15, 0.2) is 11.5 Å². The van der Waals surface area contributed by atoms with Gasteiger partial charge in [-0.2, -0.15) is 0 Å². The maximum Gasteiger partial charge on any atom is 0.242 e. The van der Waals surface area contributed by atoms with Gasteiger partial charge in [-0.1, -0.05) is 24.3 Å². The molecular formula is C25H33FN2O4. The fourth-order valence-corrected chi connectivity index (χ4v) is 3.36. The Bertz CT molecular complexity index is 903. The second-order valence-electron chi connectivity index (χ2n) is 7.33. The summed E-state index contributed by atoms with van der Waals surface area (Å²) in [6.45, 7) is 8.79. The van der Waals surface area contributed by atoms with Crippen molar-refractivity contribution in [3.8, 4) is 11.5 Å². The number of nitrogens with zero attached hydrogens (tertiary/aromatic N) is 1. The number of nitrogens with one attached hydrogen (secondary N) is 1. The summed E-state index contributed by atoms with van der Waals surface area (Å²) >= 11 is 0. The van der Waals surface area contributed by atoms with Crippen molar-refractivity contribution in [1.82, 2.24) is 10.2 Å². The Morgan fingerprint density at radius 1 is 1.03 bits per heavy atom. The van der Waals surface area contributed by atoms with Crippen molar-refractivity contribution in [2.75, 3.05) is 19.8 Å². The van der Waals surface area contributed by atoms with E-state index in [1.165, 1.54) is 11.0 Å². The molecule has 0 aliphatic heterocycles. The second-order valence-corrected chi connectivity index (χ2v) is 7.33. The molecule has 174 valence electrons. The van der Waals surface area contributed by atoms with E-state index in [2.05, 4.69) is 5.32 Å². The van der Waals surface area contributed by atoms with E-state index >= 15 is 0 Å². The van der Waals surface area contributed by atoms with Crippen molar-refractivity contribution in [3.63, 3.8) is 0 Å². The molecule has 0 aliphatic carbocycles. The summed E-state index contributed by atoms with van der Waals surface area (Å²) in [4.78, 5) is 27.0. The third-order valence-electron chi connectivity index (χ3n) is 5.05. The van der Waals surface area contributed by atoms with Crippen LogP contribution >= 0.6 is 0 Å². The zero-order valence-electron chi connectivity index (χ0n) is 19.3. The average Bonchev–Trinajstić information content (AvgIpc) is 2.78. The summed E-state index contributed by atoms with van der Waals surface area (Å²) in [6, 6.07) is 11.2. The smallest absolute Gasteiger partial charge is 0.242 e. The van der Waals surface area contributed by atoms with Gasteiger partial charge in [0, 0.05) is 25.1 Å². The summed E-state index contributed by atoms with van der Waals surface area (Å²) in [5.74, 6) is 0.408. The Hall–Kier alpha value is -3.09. The Kier molecular flexibility index (Phi) is 9.98. The van der Waals surface area contributed by atoms with Gasteiger partial charge >= 0.3 is 0 Å². The van der Waals surface area contributed by atoms with E-state index in [9.17, 15) is 14.0 Å². The largest absolute Gasteiger partial charge is 0.490 e. The van der Waals surface area contributed by atoms with Crippen LogP contribution in [0.1, 0.15) is 45.2 Å². The molecule has 0 saturated carbocycles. The highest BCUT2D eigenvalue weighted by molar-refractivity contribution is 5.87. The highest BCUT2D eigenvalue weighted by Crippen LogP contribution is 2.29. The van der Waals surface area contributed by atoms with E-state index in [4.69, 9.17) is 9.47 Å². The molecule has 0 spiro atoms. The molecule has 0 radical (unpaired) electrons. The first kappa shape index (κ1) is 25.2. The van der Waals surface area contributed by atoms with Crippen LogP contribution in [0.3, 0.4) is 0 Å². The molecule has 2 aromatic rings. The van der Waals surface area contributed by atoms with Gasteiger partial charge in [0.25, 0.3) is 0 Å². The minimum absolute atomic E-state index is 0.0251. The van der Waals surface area contributed by atoms with Crippen LogP contribution in [0.4, 0.5) is 4.39 Å². The predicted molar refractivity (Wildman–Crippen MR) is 122 cm³/mol. The lowest BCUT2D eigenvalue weighted by Gasteiger charge is -2.29. The fourth-order valence-electron chi connectivity index (χ4n) is 3.36. The molecule has 2 rings (SSSR count). The second kappa shape index (κ2) is 12.7. The SMILES string of the molecule is CCNC(=O)[C@H](C)N(Cc1ccccc1F)C(=O)CCc1ccc(OCC)c(OCC)c1. The number of hydrogen-bond donors (Lipinski definition) is 1. The molecule has 1 atom stereocenters. The summed E-state index contributed by atoms with van der Waals surface area (Å²) in [7, 11) is 0. The molecule has 32 heavy (non-hydrogen) atoms. The van der Waals surface area contributed by atoms with Crippen LogP contribution in [-0.2, 0) is 22.6 Å². The third-order valence-corrected chi connectivity index (χ3v) is 5.05. The topological polar surface area (TPSA) is 67.9 Å². The van der Waals surface area contributed by atoms with Gasteiger partial charge in [-0.05, 0) is 57.9 Å². The van der Waals surface area contributed by atoms with E-state index in [0.717, 1.165) is 5.56 Å². The maximum atomic E-state index is 14.2. The Morgan fingerprint density at radius 3 is 2.38 bits per heavy atom. The highest BCUT2D eigenvalue weighted by atomic mass is 19.1. The van der Waals surface area contributed by atoms with Gasteiger partial charge in [0.1, 0.15) is 11.9 Å². The number of aryl methyl sites for hydroxylation is 1. The van der Waals surface area contributed by atoms with Crippen LogP contribution < -0.4 is 14.8 Å². The molecule has 0 aromatic heterocycles. The molecule has 7 heteroatoms. The first-order valence-corrected chi connectivity index (χ1v) is 11.1. The molecular weight excluding hydrogens is 411 g/mol. The Balaban J connectivity index is 2.17. The van der Waals surface area contributed by atoms with Crippen molar-refractivity contribution in [2.24, 2.45) is 0 Å². The molecule has 1 N–H and O–H groups in total. The van der Waals surface area contributed by atoms with E-state index in [1.54, 1.807) is 25.1 Å². The molecule has 0 bridgehead atoms.